The summed E-state index contributed by atoms with van der Waals surface area (Å²) in [5.41, 5.74) is 2.00. The fraction of sp³-hybridized carbons (Fsp3) is 0.321. The fourth-order valence-electron chi connectivity index (χ4n) is 4.37. The summed E-state index contributed by atoms with van der Waals surface area (Å²) >= 11 is 2.76. The number of carbonyl (C=O) groups excluding carboxylic acids is 3. The van der Waals surface area contributed by atoms with E-state index in [9.17, 15) is 24.5 Å². The second-order valence-corrected chi connectivity index (χ2v) is 11.1. The van der Waals surface area contributed by atoms with Gasteiger partial charge in [0, 0.05) is 33.2 Å². The lowest BCUT2D eigenvalue weighted by atomic mass is 9.96. The predicted octanol–water partition coefficient (Wildman–Crippen LogP) is 6.48. The van der Waals surface area contributed by atoms with Crippen molar-refractivity contribution in [1.82, 2.24) is 0 Å². The van der Waals surface area contributed by atoms with Gasteiger partial charge in [0.2, 0.25) is 5.91 Å². The Morgan fingerprint density at radius 3 is 2.56 bits per heavy atom. The zero-order valence-electron chi connectivity index (χ0n) is 21.5. The first-order valence-corrected chi connectivity index (χ1v) is 14.6. The van der Waals surface area contributed by atoms with Crippen molar-refractivity contribution in [3.05, 3.63) is 80.2 Å². The number of anilines is 2. The quantitative estimate of drug-likeness (QED) is 0.131. The van der Waals surface area contributed by atoms with Crippen molar-refractivity contribution < 1.29 is 24.0 Å². The summed E-state index contributed by atoms with van der Waals surface area (Å²) in [5, 5.41) is 17.2. The zero-order valence-corrected chi connectivity index (χ0v) is 23.1. The second kappa shape index (κ2) is 13.4. The van der Waals surface area contributed by atoms with Gasteiger partial charge in [-0.3, -0.25) is 19.7 Å². The Hall–Kier alpha value is -3.70. The van der Waals surface area contributed by atoms with Crippen LogP contribution in [-0.4, -0.2) is 35.1 Å². The summed E-state index contributed by atoms with van der Waals surface area (Å²) in [6.45, 7) is 2.03. The molecule has 3 aromatic rings. The molecule has 9 nitrogen and oxygen atoms in total. The number of nitrogens with zero attached hydrogens (tertiary/aromatic N) is 1. The maximum Gasteiger partial charge on any atom is 0.341 e. The molecular weight excluding hydrogens is 538 g/mol. The number of rotatable bonds is 9. The standard InChI is InChI=1S/C28H29N3O6S2/c1-2-37-28(34)25-22-13-5-3-4-6-14-23(22)39-27(25)30-24(32)17-38-21-12-8-10-19(16-21)29-26(33)18-9-7-11-20(15-18)31(35)36/h7-12,15-16H,2-6,13-14,17H2,1H3,(H,29,33)(H,30,32). The predicted molar refractivity (Wildman–Crippen MR) is 153 cm³/mol. The number of hydrogen-bond acceptors (Lipinski definition) is 8. The van der Waals surface area contributed by atoms with Gasteiger partial charge in [0.1, 0.15) is 5.00 Å². The molecular formula is C28H29N3O6S2. The first kappa shape index (κ1) is 28.3. The number of ether oxygens (including phenoxy) is 1. The number of non-ortho nitro benzene ring substituents is 1. The highest BCUT2D eigenvalue weighted by Gasteiger charge is 2.26. The van der Waals surface area contributed by atoms with Crippen LogP contribution >= 0.6 is 23.1 Å². The lowest BCUT2D eigenvalue weighted by Crippen LogP contribution is -2.17. The molecule has 0 atom stereocenters. The van der Waals surface area contributed by atoms with Crippen molar-refractivity contribution in [3.63, 3.8) is 0 Å². The van der Waals surface area contributed by atoms with Crippen molar-refractivity contribution in [2.45, 2.75) is 50.3 Å². The van der Waals surface area contributed by atoms with E-state index in [1.54, 1.807) is 25.1 Å². The van der Waals surface area contributed by atoms with Gasteiger partial charge in [-0.1, -0.05) is 25.0 Å². The third-order valence-electron chi connectivity index (χ3n) is 6.18. The molecule has 1 aliphatic carbocycles. The van der Waals surface area contributed by atoms with Crippen molar-refractivity contribution in [2.24, 2.45) is 0 Å². The molecule has 0 bridgehead atoms. The van der Waals surface area contributed by atoms with Gasteiger partial charge < -0.3 is 15.4 Å². The van der Waals surface area contributed by atoms with E-state index in [0.717, 1.165) is 53.9 Å². The number of thiophene rings is 1. The highest BCUT2D eigenvalue weighted by atomic mass is 32.2. The molecule has 0 unspecified atom stereocenters. The number of nitrogens with one attached hydrogen (secondary N) is 2. The van der Waals surface area contributed by atoms with Crippen LogP contribution in [0.5, 0.6) is 0 Å². The van der Waals surface area contributed by atoms with Crippen molar-refractivity contribution >= 4 is 57.3 Å². The van der Waals surface area contributed by atoms with E-state index in [2.05, 4.69) is 10.6 Å². The summed E-state index contributed by atoms with van der Waals surface area (Å²) in [5.74, 6) is -1.01. The molecule has 39 heavy (non-hydrogen) atoms. The van der Waals surface area contributed by atoms with E-state index < -0.39 is 16.8 Å². The number of benzene rings is 2. The first-order valence-electron chi connectivity index (χ1n) is 12.8. The average Bonchev–Trinajstić information content (AvgIpc) is 3.23. The molecule has 4 rings (SSSR count). The lowest BCUT2D eigenvalue weighted by molar-refractivity contribution is -0.384. The molecule has 0 radical (unpaired) electrons. The molecule has 0 aliphatic heterocycles. The fourth-order valence-corrected chi connectivity index (χ4v) is 6.41. The molecule has 204 valence electrons. The van der Waals surface area contributed by atoms with Gasteiger partial charge in [-0.2, -0.15) is 0 Å². The van der Waals surface area contributed by atoms with Crippen LogP contribution in [0.15, 0.2) is 53.4 Å². The molecule has 0 fully saturated rings. The SMILES string of the molecule is CCOC(=O)c1c(NC(=O)CSc2cccc(NC(=O)c3cccc([N+](=O)[O-])c3)c2)sc2c1CCCCCC2. The number of amides is 2. The maximum atomic E-state index is 12.9. The smallest absolute Gasteiger partial charge is 0.341 e. The molecule has 11 heteroatoms. The third kappa shape index (κ3) is 7.45. The van der Waals surface area contributed by atoms with Gasteiger partial charge in [0.25, 0.3) is 11.6 Å². The van der Waals surface area contributed by atoms with Crippen LogP contribution in [0, 0.1) is 10.1 Å². The van der Waals surface area contributed by atoms with E-state index in [-0.39, 0.29) is 29.5 Å². The Labute approximate surface area is 234 Å². The van der Waals surface area contributed by atoms with Gasteiger partial charge in [-0.25, -0.2) is 4.79 Å². The largest absolute Gasteiger partial charge is 0.462 e. The third-order valence-corrected chi connectivity index (χ3v) is 8.39. The van der Waals surface area contributed by atoms with Crippen LogP contribution in [-0.2, 0) is 22.4 Å². The molecule has 2 aromatic carbocycles. The molecule has 1 heterocycles. The molecule has 0 saturated carbocycles. The Morgan fingerprint density at radius 1 is 1.03 bits per heavy atom. The molecule has 2 N–H and O–H groups in total. The normalized spacial score (nSPS) is 12.9. The van der Waals surface area contributed by atoms with Crippen LogP contribution in [0.25, 0.3) is 0 Å². The minimum Gasteiger partial charge on any atom is -0.462 e. The van der Waals surface area contributed by atoms with Gasteiger partial charge in [-0.15, -0.1) is 23.1 Å². The number of hydrogen-bond donors (Lipinski definition) is 2. The van der Waals surface area contributed by atoms with Crippen molar-refractivity contribution in [1.29, 1.82) is 0 Å². The van der Waals surface area contributed by atoms with Crippen LogP contribution < -0.4 is 10.6 Å². The highest BCUT2D eigenvalue weighted by Crippen LogP contribution is 2.38. The van der Waals surface area contributed by atoms with Gasteiger partial charge in [-0.05, 0) is 62.4 Å². The molecule has 1 aromatic heterocycles. The minimum absolute atomic E-state index is 0.104. The van der Waals surface area contributed by atoms with E-state index in [1.165, 1.54) is 47.4 Å². The number of fused-ring (bicyclic) bond motifs is 1. The van der Waals surface area contributed by atoms with E-state index >= 15 is 0 Å². The van der Waals surface area contributed by atoms with E-state index in [1.807, 2.05) is 6.07 Å². The van der Waals surface area contributed by atoms with E-state index in [0.29, 0.717) is 16.3 Å². The van der Waals surface area contributed by atoms with Gasteiger partial charge >= 0.3 is 5.97 Å². The molecule has 0 spiro atoms. The zero-order chi connectivity index (χ0) is 27.8. The molecule has 1 aliphatic rings. The van der Waals surface area contributed by atoms with Crippen molar-refractivity contribution in [3.8, 4) is 0 Å². The first-order chi connectivity index (χ1) is 18.9. The number of carbonyl (C=O) groups is 3. The van der Waals surface area contributed by atoms with Crippen LogP contribution in [0.4, 0.5) is 16.4 Å². The van der Waals surface area contributed by atoms with Gasteiger partial charge in [0.15, 0.2) is 0 Å². The summed E-state index contributed by atoms with van der Waals surface area (Å²) < 4.78 is 5.31. The van der Waals surface area contributed by atoms with Crippen molar-refractivity contribution in [2.75, 3.05) is 23.0 Å². The Morgan fingerprint density at radius 2 is 1.79 bits per heavy atom. The van der Waals surface area contributed by atoms with Crippen LogP contribution in [0.3, 0.4) is 0 Å². The summed E-state index contributed by atoms with van der Waals surface area (Å²) in [6.07, 6.45) is 6.06. The average molecular weight is 568 g/mol. The van der Waals surface area contributed by atoms with E-state index in [4.69, 9.17) is 4.74 Å². The van der Waals surface area contributed by atoms with Crippen LogP contribution in [0.2, 0.25) is 0 Å². The Bertz CT molecular complexity index is 1390. The molecule has 0 saturated heterocycles. The topological polar surface area (TPSA) is 128 Å². The maximum absolute atomic E-state index is 12.9. The number of nitro benzene ring substituents is 1. The summed E-state index contributed by atoms with van der Waals surface area (Å²) in [4.78, 5) is 50.6. The Kier molecular flexibility index (Phi) is 9.72. The highest BCUT2D eigenvalue weighted by molar-refractivity contribution is 8.00. The second-order valence-electron chi connectivity index (χ2n) is 8.97. The van der Waals surface area contributed by atoms with Crippen LogP contribution in [0.1, 0.15) is 63.8 Å². The number of thioether (sulfide) groups is 1. The summed E-state index contributed by atoms with van der Waals surface area (Å²) in [7, 11) is 0. The lowest BCUT2D eigenvalue weighted by Gasteiger charge is -2.11. The minimum atomic E-state index is -0.553. The van der Waals surface area contributed by atoms with Gasteiger partial charge in [0.05, 0.1) is 22.8 Å². The number of aryl methyl sites for hydroxylation is 1. The number of esters is 1. The Balaban J connectivity index is 1.41. The summed E-state index contributed by atoms with van der Waals surface area (Å²) in [6, 6.07) is 12.5. The number of nitro groups is 1. The monoisotopic (exact) mass is 567 g/mol. The molecule has 2 amide bonds.